The molecule has 224 valence electrons. The lowest BCUT2D eigenvalue weighted by Crippen LogP contribution is -2.11. The van der Waals surface area contributed by atoms with Gasteiger partial charge in [0.1, 0.15) is 23.8 Å². The van der Waals surface area contributed by atoms with Crippen molar-refractivity contribution in [3.05, 3.63) is 103 Å². The summed E-state index contributed by atoms with van der Waals surface area (Å²) in [5.41, 5.74) is 3.45. The lowest BCUT2D eigenvalue weighted by Gasteiger charge is -2.10. The van der Waals surface area contributed by atoms with Crippen molar-refractivity contribution in [1.82, 2.24) is 5.16 Å². The Bertz CT molecular complexity index is 1790. The normalized spacial score (nSPS) is 14.1. The first-order valence-corrected chi connectivity index (χ1v) is 15.3. The molecule has 1 aromatic heterocycles. The van der Waals surface area contributed by atoms with Crippen LogP contribution in [0, 0.1) is 17.8 Å². The number of ether oxygens (including phenoxy) is 2. The van der Waals surface area contributed by atoms with E-state index in [1.807, 2.05) is 0 Å². The Labute approximate surface area is 269 Å². The second-order valence-corrected chi connectivity index (χ2v) is 12.2. The van der Waals surface area contributed by atoms with Gasteiger partial charge in [0.25, 0.3) is 0 Å². The summed E-state index contributed by atoms with van der Waals surface area (Å²) in [5.74, 6) is 6.47. The van der Waals surface area contributed by atoms with Crippen molar-refractivity contribution in [3.8, 4) is 28.8 Å². The van der Waals surface area contributed by atoms with Crippen molar-refractivity contribution in [2.45, 2.75) is 44.6 Å². The highest BCUT2D eigenvalue weighted by molar-refractivity contribution is 6.39. The van der Waals surface area contributed by atoms with E-state index in [4.69, 9.17) is 48.8 Å². The summed E-state index contributed by atoms with van der Waals surface area (Å²) in [6, 6.07) is 15.0. The van der Waals surface area contributed by atoms with Crippen LogP contribution in [0.2, 0.25) is 15.1 Å². The second-order valence-electron chi connectivity index (χ2n) is 11.0. The van der Waals surface area contributed by atoms with E-state index >= 15 is 0 Å². The highest BCUT2D eigenvalue weighted by Crippen LogP contribution is 2.46. The summed E-state index contributed by atoms with van der Waals surface area (Å²) in [7, 11) is 0. The number of carbonyl (C=O) groups is 2. The molecule has 7 nitrogen and oxygen atoms in total. The van der Waals surface area contributed by atoms with Crippen LogP contribution in [0.4, 0.5) is 0 Å². The number of nitrogens with zero attached hydrogens (tertiary/aromatic N) is 1. The van der Waals surface area contributed by atoms with Crippen molar-refractivity contribution in [1.29, 1.82) is 0 Å². The second kappa shape index (κ2) is 13.0. The lowest BCUT2D eigenvalue weighted by atomic mass is 10.0. The Morgan fingerprint density at radius 1 is 0.955 bits per heavy atom. The molecule has 0 spiro atoms. The summed E-state index contributed by atoms with van der Waals surface area (Å²) in [6.07, 6.45) is 4.13. The molecule has 10 heteroatoms. The third kappa shape index (κ3) is 7.22. The SMILES string of the molecule is O=C(Cc1cc(C#Cc2ccc(OCc3c(-c4c(Cl)cccc4Cl)noc3C3CC3)cc2Cl)cc(C(=O)O)c1)OCC1CC1. The molecule has 6 rings (SSSR count). The van der Waals surface area contributed by atoms with Crippen LogP contribution < -0.4 is 4.74 Å². The molecule has 0 bridgehead atoms. The van der Waals surface area contributed by atoms with Crippen molar-refractivity contribution in [3.63, 3.8) is 0 Å². The highest BCUT2D eigenvalue weighted by Gasteiger charge is 2.33. The van der Waals surface area contributed by atoms with E-state index in [1.54, 1.807) is 42.5 Å². The average Bonchev–Trinajstić information content (AvgIpc) is 3.93. The summed E-state index contributed by atoms with van der Waals surface area (Å²) in [5, 5.41) is 15.2. The van der Waals surface area contributed by atoms with Crippen LogP contribution >= 0.6 is 34.8 Å². The number of esters is 1. The minimum absolute atomic E-state index is 0.0334. The van der Waals surface area contributed by atoms with Gasteiger partial charge in [0, 0.05) is 28.7 Å². The average molecular weight is 651 g/mol. The predicted octanol–water partition coefficient (Wildman–Crippen LogP) is 8.35. The van der Waals surface area contributed by atoms with E-state index in [0.717, 1.165) is 37.0 Å². The Morgan fingerprint density at radius 2 is 1.73 bits per heavy atom. The van der Waals surface area contributed by atoms with E-state index in [2.05, 4.69) is 17.0 Å². The number of halogens is 3. The first-order chi connectivity index (χ1) is 21.2. The standard InChI is InChI=1S/C34H26Cl3NO6/c35-27-2-1-3-28(36)31(27)32-26(33(44-38-32)23-8-9-23)18-42-25-11-10-22(29(37)16-25)7-6-20-12-21(14-24(13-20)34(40)41)15-30(39)43-17-19-4-5-19/h1-3,10-14,16,19,23H,4-5,8-9,15,17-18H2,(H,40,41). The molecule has 0 atom stereocenters. The molecule has 2 aliphatic carbocycles. The molecule has 1 N–H and O–H groups in total. The molecule has 0 radical (unpaired) electrons. The molecule has 3 aromatic carbocycles. The van der Waals surface area contributed by atoms with Crippen molar-refractivity contribution < 1.29 is 28.7 Å². The quantitative estimate of drug-likeness (QED) is 0.136. The number of aromatic carboxylic acids is 1. The third-order valence-electron chi connectivity index (χ3n) is 7.40. The molecule has 2 saturated carbocycles. The van der Waals surface area contributed by atoms with Gasteiger partial charge in [-0.25, -0.2) is 4.79 Å². The fraction of sp³-hybridized carbons (Fsp3) is 0.265. The fourth-order valence-electron chi connectivity index (χ4n) is 4.73. The smallest absolute Gasteiger partial charge is 0.335 e. The van der Waals surface area contributed by atoms with E-state index in [1.165, 1.54) is 12.1 Å². The van der Waals surface area contributed by atoms with Crippen LogP contribution in [-0.2, 0) is 22.6 Å². The summed E-state index contributed by atoms with van der Waals surface area (Å²) in [4.78, 5) is 23.9. The Balaban J connectivity index is 1.18. The first-order valence-electron chi connectivity index (χ1n) is 14.1. The third-order valence-corrected chi connectivity index (χ3v) is 8.34. The van der Waals surface area contributed by atoms with E-state index in [-0.39, 0.29) is 24.5 Å². The minimum atomic E-state index is -1.11. The van der Waals surface area contributed by atoms with Crippen molar-refractivity contribution >= 4 is 46.7 Å². The largest absolute Gasteiger partial charge is 0.489 e. The molecule has 0 unspecified atom stereocenters. The maximum atomic E-state index is 12.2. The number of aromatic nitrogens is 1. The van der Waals surface area contributed by atoms with Crippen LogP contribution in [0.3, 0.4) is 0 Å². The maximum Gasteiger partial charge on any atom is 0.335 e. The molecule has 0 amide bonds. The van der Waals surface area contributed by atoms with Crippen LogP contribution in [0.15, 0.2) is 59.1 Å². The van der Waals surface area contributed by atoms with Gasteiger partial charge in [-0.15, -0.1) is 0 Å². The molecule has 44 heavy (non-hydrogen) atoms. The zero-order valence-electron chi connectivity index (χ0n) is 23.4. The lowest BCUT2D eigenvalue weighted by molar-refractivity contribution is -0.143. The molecular formula is C34H26Cl3NO6. The summed E-state index contributed by atoms with van der Waals surface area (Å²) in [6.45, 7) is 0.571. The Hall–Kier alpha value is -3.96. The number of carboxylic acid groups (broad SMARTS) is 1. The van der Waals surface area contributed by atoms with Gasteiger partial charge >= 0.3 is 11.9 Å². The Morgan fingerprint density at radius 3 is 2.41 bits per heavy atom. The van der Waals surface area contributed by atoms with Crippen LogP contribution in [0.5, 0.6) is 5.75 Å². The van der Waals surface area contributed by atoms with Gasteiger partial charge in [-0.1, -0.05) is 57.9 Å². The van der Waals surface area contributed by atoms with Crippen LogP contribution in [0.25, 0.3) is 11.3 Å². The topological polar surface area (TPSA) is 98.9 Å². The van der Waals surface area contributed by atoms with E-state index in [0.29, 0.717) is 61.3 Å². The zero-order chi connectivity index (χ0) is 30.8. The number of rotatable bonds is 10. The molecule has 0 saturated heterocycles. The van der Waals surface area contributed by atoms with Gasteiger partial charge in [-0.3, -0.25) is 4.79 Å². The number of carbonyl (C=O) groups excluding carboxylic acids is 1. The highest BCUT2D eigenvalue weighted by atomic mass is 35.5. The molecule has 4 aromatic rings. The van der Waals surface area contributed by atoms with Gasteiger partial charge in [0.15, 0.2) is 0 Å². The minimum Gasteiger partial charge on any atom is -0.489 e. The van der Waals surface area contributed by atoms with Gasteiger partial charge in [0.05, 0.1) is 39.2 Å². The first kappa shape index (κ1) is 30.1. The maximum absolute atomic E-state index is 12.2. The van der Waals surface area contributed by atoms with Gasteiger partial charge < -0.3 is 19.1 Å². The summed E-state index contributed by atoms with van der Waals surface area (Å²) < 4.78 is 17.1. The van der Waals surface area contributed by atoms with Crippen LogP contribution in [0.1, 0.15) is 70.0 Å². The predicted molar refractivity (Wildman–Crippen MR) is 166 cm³/mol. The number of benzene rings is 3. The molecule has 2 aliphatic rings. The van der Waals surface area contributed by atoms with E-state index in [9.17, 15) is 14.7 Å². The molecule has 1 heterocycles. The van der Waals surface area contributed by atoms with E-state index < -0.39 is 11.9 Å². The number of carboxylic acids is 1. The van der Waals surface area contributed by atoms with Gasteiger partial charge in [-0.2, -0.15) is 0 Å². The molecule has 0 aliphatic heterocycles. The number of hydrogen-bond acceptors (Lipinski definition) is 6. The fourth-order valence-corrected chi connectivity index (χ4v) is 5.53. The molecular weight excluding hydrogens is 625 g/mol. The van der Waals surface area contributed by atoms with Gasteiger partial charge in [-0.05, 0) is 79.6 Å². The van der Waals surface area contributed by atoms with Crippen molar-refractivity contribution in [2.75, 3.05) is 6.61 Å². The van der Waals surface area contributed by atoms with Crippen molar-refractivity contribution in [2.24, 2.45) is 5.92 Å². The molecule has 2 fully saturated rings. The number of hydrogen-bond donors (Lipinski definition) is 1. The Kier molecular flexibility index (Phi) is 8.86. The van der Waals surface area contributed by atoms with Gasteiger partial charge in [0.2, 0.25) is 0 Å². The summed E-state index contributed by atoms with van der Waals surface area (Å²) >= 11 is 19.5. The monoisotopic (exact) mass is 649 g/mol. The zero-order valence-corrected chi connectivity index (χ0v) is 25.6. The van der Waals surface area contributed by atoms with Crippen LogP contribution in [-0.4, -0.2) is 28.8 Å².